The standard InChI is InChI=1S/C15H18N2O3S2/c1-3-7-16-13-9-22(18,19)10-14(13)17(15(16)21)11-5-4-6-12(8-11)20-2/h3-6,8,13-14H,1,7,9-10H2,2H3/t13-,14+/m1/s1. The third kappa shape index (κ3) is 2.48. The molecule has 2 heterocycles. The molecule has 118 valence electrons. The molecule has 0 amide bonds. The third-order valence-corrected chi connectivity index (χ3v) is 6.26. The van der Waals surface area contributed by atoms with Gasteiger partial charge in [0.15, 0.2) is 14.9 Å². The van der Waals surface area contributed by atoms with Crippen LogP contribution in [0.15, 0.2) is 36.9 Å². The van der Waals surface area contributed by atoms with E-state index in [1.54, 1.807) is 13.2 Å². The van der Waals surface area contributed by atoms with E-state index < -0.39 is 9.84 Å². The Morgan fingerprint density at radius 3 is 2.82 bits per heavy atom. The fraction of sp³-hybridized carbons (Fsp3) is 0.400. The van der Waals surface area contributed by atoms with Crippen LogP contribution in [0.1, 0.15) is 0 Å². The number of fused-ring (bicyclic) bond motifs is 1. The van der Waals surface area contributed by atoms with Crippen molar-refractivity contribution in [3.05, 3.63) is 36.9 Å². The van der Waals surface area contributed by atoms with Crippen LogP contribution in [0, 0.1) is 0 Å². The molecule has 0 aliphatic carbocycles. The Kier molecular flexibility index (Phi) is 3.86. The van der Waals surface area contributed by atoms with E-state index in [-0.39, 0.29) is 23.6 Å². The fourth-order valence-electron chi connectivity index (χ4n) is 3.19. The van der Waals surface area contributed by atoms with Gasteiger partial charge in [-0.3, -0.25) is 0 Å². The van der Waals surface area contributed by atoms with E-state index in [2.05, 4.69) is 6.58 Å². The van der Waals surface area contributed by atoms with Crippen molar-refractivity contribution in [3.63, 3.8) is 0 Å². The summed E-state index contributed by atoms with van der Waals surface area (Å²) in [5, 5.41) is 0.651. The van der Waals surface area contributed by atoms with Crippen molar-refractivity contribution in [2.45, 2.75) is 12.1 Å². The van der Waals surface area contributed by atoms with E-state index >= 15 is 0 Å². The smallest absolute Gasteiger partial charge is 0.177 e. The monoisotopic (exact) mass is 338 g/mol. The highest BCUT2D eigenvalue weighted by molar-refractivity contribution is 7.91. The number of methoxy groups -OCH3 is 1. The van der Waals surface area contributed by atoms with E-state index in [4.69, 9.17) is 17.0 Å². The Morgan fingerprint density at radius 1 is 1.41 bits per heavy atom. The summed E-state index contributed by atoms with van der Waals surface area (Å²) in [6.07, 6.45) is 1.75. The van der Waals surface area contributed by atoms with Crippen LogP contribution in [-0.4, -0.2) is 55.7 Å². The molecule has 2 aliphatic rings. The first kappa shape index (κ1) is 15.3. The quantitative estimate of drug-likeness (QED) is 0.612. The van der Waals surface area contributed by atoms with Crippen molar-refractivity contribution in [2.24, 2.45) is 0 Å². The number of ether oxygens (including phenoxy) is 1. The molecule has 2 aliphatic heterocycles. The van der Waals surface area contributed by atoms with Gasteiger partial charge >= 0.3 is 0 Å². The molecule has 2 fully saturated rings. The lowest BCUT2D eigenvalue weighted by molar-refractivity contribution is 0.389. The zero-order valence-electron chi connectivity index (χ0n) is 12.3. The number of anilines is 1. The van der Waals surface area contributed by atoms with Gasteiger partial charge in [0.25, 0.3) is 0 Å². The molecular formula is C15H18N2O3S2. The van der Waals surface area contributed by atoms with Crippen LogP contribution in [0.4, 0.5) is 5.69 Å². The van der Waals surface area contributed by atoms with Gasteiger partial charge in [-0.2, -0.15) is 0 Å². The molecule has 1 aromatic rings. The van der Waals surface area contributed by atoms with Crippen molar-refractivity contribution in [2.75, 3.05) is 30.1 Å². The van der Waals surface area contributed by atoms with Crippen molar-refractivity contribution in [3.8, 4) is 5.75 Å². The normalized spacial score (nSPS) is 26.1. The first-order chi connectivity index (χ1) is 10.5. The predicted octanol–water partition coefficient (Wildman–Crippen LogP) is 1.45. The highest BCUT2D eigenvalue weighted by Crippen LogP contribution is 2.36. The number of hydrogen-bond donors (Lipinski definition) is 0. The van der Waals surface area contributed by atoms with Crippen LogP contribution in [0.5, 0.6) is 5.75 Å². The van der Waals surface area contributed by atoms with E-state index in [1.165, 1.54) is 0 Å². The van der Waals surface area contributed by atoms with Crippen LogP contribution in [0.25, 0.3) is 0 Å². The number of rotatable bonds is 4. The van der Waals surface area contributed by atoms with Crippen LogP contribution >= 0.6 is 12.2 Å². The lowest BCUT2D eigenvalue weighted by Gasteiger charge is -2.25. The van der Waals surface area contributed by atoms with Gasteiger partial charge in [0.05, 0.1) is 30.7 Å². The van der Waals surface area contributed by atoms with E-state index in [0.717, 1.165) is 11.4 Å². The Labute approximate surface area is 136 Å². The SMILES string of the molecule is C=CCN1C(=S)N(c2cccc(OC)c2)[C@H]2CS(=O)(=O)C[C@H]21. The number of nitrogens with zero attached hydrogens (tertiary/aromatic N) is 2. The molecule has 0 radical (unpaired) electrons. The highest BCUT2D eigenvalue weighted by Gasteiger charge is 2.51. The maximum atomic E-state index is 12.1. The maximum Gasteiger partial charge on any atom is 0.177 e. The average Bonchev–Trinajstić information content (AvgIpc) is 2.91. The van der Waals surface area contributed by atoms with Crippen molar-refractivity contribution < 1.29 is 13.2 Å². The summed E-state index contributed by atoms with van der Waals surface area (Å²) in [5.74, 6) is 0.995. The molecule has 0 aromatic heterocycles. The molecule has 2 atom stereocenters. The molecule has 0 bridgehead atoms. The first-order valence-corrected chi connectivity index (χ1v) is 9.25. The molecule has 0 unspecified atom stereocenters. The number of sulfone groups is 1. The zero-order chi connectivity index (χ0) is 15.9. The first-order valence-electron chi connectivity index (χ1n) is 7.02. The molecule has 2 saturated heterocycles. The number of benzene rings is 1. The second kappa shape index (κ2) is 5.55. The summed E-state index contributed by atoms with van der Waals surface area (Å²) in [7, 11) is -1.44. The molecule has 3 rings (SSSR count). The molecule has 5 nitrogen and oxygen atoms in total. The highest BCUT2D eigenvalue weighted by atomic mass is 32.2. The van der Waals surface area contributed by atoms with Gasteiger partial charge in [-0.25, -0.2) is 8.42 Å². The summed E-state index contributed by atoms with van der Waals surface area (Å²) in [4.78, 5) is 3.90. The van der Waals surface area contributed by atoms with Crippen LogP contribution in [0.2, 0.25) is 0 Å². The molecular weight excluding hydrogens is 320 g/mol. The molecule has 0 saturated carbocycles. The Hall–Kier alpha value is -1.60. The summed E-state index contributed by atoms with van der Waals surface area (Å²) >= 11 is 5.59. The molecule has 0 spiro atoms. The second-order valence-corrected chi connectivity index (χ2v) is 8.03. The minimum Gasteiger partial charge on any atom is -0.497 e. The van der Waals surface area contributed by atoms with Gasteiger partial charge in [-0.15, -0.1) is 6.58 Å². The maximum absolute atomic E-state index is 12.1. The van der Waals surface area contributed by atoms with Gasteiger partial charge in [0, 0.05) is 18.3 Å². The van der Waals surface area contributed by atoms with Gasteiger partial charge in [-0.1, -0.05) is 12.1 Å². The summed E-state index contributed by atoms with van der Waals surface area (Å²) in [6.45, 7) is 4.30. The van der Waals surface area contributed by atoms with Gasteiger partial charge < -0.3 is 14.5 Å². The lowest BCUT2D eigenvalue weighted by Crippen LogP contribution is -2.37. The fourth-order valence-corrected chi connectivity index (χ4v) is 5.59. The lowest BCUT2D eigenvalue weighted by atomic mass is 10.1. The molecule has 1 aromatic carbocycles. The summed E-state index contributed by atoms with van der Waals surface area (Å²) in [6, 6.07) is 7.28. The second-order valence-electron chi connectivity index (χ2n) is 5.51. The van der Waals surface area contributed by atoms with Gasteiger partial charge in [-0.05, 0) is 24.4 Å². The number of thiocarbonyl (C=S) groups is 1. The van der Waals surface area contributed by atoms with Crippen LogP contribution in [0.3, 0.4) is 0 Å². The molecule has 22 heavy (non-hydrogen) atoms. The molecule has 0 N–H and O–H groups in total. The number of hydrogen-bond acceptors (Lipinski definition) is 4. The van der Waals surface area contributed by atoms with E-state index in [1.807, 2.05) is 34.1 Å². The van der Waals surface area contributed by atoms with Crippen LogP contribution < -0.4 is 9.64 Å². The van der Waals surface area contributed by atoms with Crippen molar-refractivity contribution in [1.29, 1.82) is 0 Å². The summed E-state index contributed by atoms with van der Waals surface area (Å²) < 4.78 is 29.4. The Morgan fingerprint density at radius 2 is 2.14 bits per heavy atom. The average molecular weight is 338 g/mol. The molecule has 7 heteroatoms. The minimum atomic E-state index is -3.05. The summed E-state index contributed by atoms with van der Waals surface area (Å²) in [5.41, 5.74) is 0.864. The minimum absolute atomic E-state index is 0.110. The van der Waals surface area contributed by atoms with E-state index in [0.29, 0.717) is 11.7 Å². The van der Waals surface area contributed by atoms with E-state index in [9.17, 15) is 8.42 Å². The van der Waals surface area contributed by atoms with Gasteiger partial charge in [0.2, 0.25) is 0 Å². The third-order valence-electron chi connectivity index (χ3n) is 4.13. The Balaban J connectivity index is 2.02. The van der Waals surface area contributed by atoms with Crippen LogP contribution in [-0.2, 0) is 9.84 Å². The van der Waals surface area contributed by atoms with Crippen molar-refractivity contribution in [1.82, 2.24) is 4.90 Å². The predicted molar refractivity (Wildman–Crippen MR) is 91.2 cm³/mol. The largest absolute Gasteiger partial charge is 0.497 e. The van der Waals surface area contributed by atoms with Gasteiger partial charge in [0.1, 0.15) is 5.75 Å². The zero-order valence-corrected chi connectivity index (χ0v) is 13.9. The Bertz CT molecular complexity index is 717. The topological polar surface area (TPSA) is 49.9 Å². The van der Waals surface area contributed by atoms with Crippen molar-refractivity contribution >= 4 is 32.9 Å².